The summed E-state index contributed by atoms with van der Waals surface area (Å²) >= 11 is 3.41. The van der Waals surface area contributed by atoms with E-state index in [1.807, 2.05) is 6.07 Å². The summed E-state index contributed by atoms with van der Waals surface area (Å²) in [7, 11) is 0. The molecule has 6 heteroatoms. The Morgan fingerprint density at radius 3 is 2.86 bits per heavy atom. The van der Waals surface area contributed by atoms with Gasteiger partial charge in [0, 0.05) is 36.3 Å². The Bertz CT molecular complexity index is 443. The van der Waals surface area contributed by atoms with Crippen LogP contribution in [0.1, 0.15) is 25.6 Å². The SMILES string of the molecule is C[C@@H]1CN([C@@H](C)CNC(=O)CSCc2cccs2)C[C@H](C)O1. The van der Waals surface area contributed by atoms with Gasteiger partial charge in [0.25, 0.3) is 0 Å². The number of hydrogen-bond acceptors (Lipinski definition) is 5. The Labute approximate surface area is 141 Å². The summed E-state index contributed by atoms with van der Waals surface area (Å²) in [5, 5.41) is 5.12. The zero-order chi connectivity index (χ0) is 15.9. The molecule has 1 amide bonds. The molecule has 0 aliphatic carbocycles. The van der Waals surface area contributed by atoms with E-state index in [-0.39, 0.29) is 18.1 Å². The summed E-state index contributed by atoms with van der Waals surface area (Å²) in [4.78, 5) is 15.6. The Kier molecular flexibility index (Phi) is 7.21. The number of thioether (sulfide) groups is 1. The van der Waals surface area contributed by atoms with Gasteiger partial charge in [0.1, 0.15) is 0 Å². The largest absolute Gasteiger partial charge is 0.373 e. The molecule has 1 aliphatic rings. The molecular formula is C16H26N2O2S2. The minimum Gasteiger partial charge on any atom is -0.373 e. The number of carbonyl (C=O) groups is 1. The second-order valence-electron chi connectivity index (χ2n) is 5.94. The number of nitrogens with zero attached hydrogens (tertiary/aromatic N) is 1. The van der Waals surface area contributed by atoms with Crippen molar-refractivity contribution in [2.75, 3.05) is 25.4 Å². The van der Waals surface area contributed by atoms with Crippen molar-refractivity contribution in [3.8, 4) is 0 Å². The summed E-state index contributed by atoms with van der Waals surface area (Å²) < 4.78 is 5.75. The van der Waals surface area contributed by atoms with Crippen LogP contribution >= 0.6 is 23.1 Å². The van der Waals surface area contributed by atoms with Crippen LogP contribution in [0.2, 0.25) is 0 Å². The van der Waals surface area contributed by atoms with Crippen LogP contribution in [-0.2, 0) is 15.3 Å². The van der Waals surface area contributed by atoms with Gasteiger partial charge in [0.15, 0.2) is 0 Å². The molecule has 0 radical (unpaired) electrons. The van der Waals surface area contributed by atoms with Gasteiger partial charge in [-0.3, -0.25) is 9.69 Å². The van der Waals surface area contributed by atoms with Crippen molar-refractivity contribution in [1.82, 2.24) is 10.2 Å². The molecule has 2 rings (SSSR count). The van der Waals surface area contributed by atoms with Crippen molar-refractivity contribution >= 4 is 29.0 Å². The predicted molar refractivity (Wildman–Crippen MR) is 94.5 cm³/mol. The first kappa shape index (κ1) is 17.8. The van der Waals surface area contributed by atoms with Crippen LogP contribution in [0, 0.1) is 0 Å². The fraction of sp³-hybridized carbons (Fsp3) is 0.688. The van der Waals surface area contributed by atoms with E-state index in [0.717, 1.165) is 18.8 Å². The van der Waals surface area contributed by atoms with E-state index in [1.165, 1.54) is 4.88 Å². The maximum atomic E-state index is 11.9. The molecule has 1 aliphatic heterocycles. The molecule has 1 N–H and O–H groups in total. The van der Waals surface area contributed by atoms with Crippen molar-refractivity contribution in [2.45, 2.75) is 44.8 Å². The average molecular weight is 343 g/mol. The maximum Gasteiger partial charge on any atom is 0.230 e. The quantitative estimate of drug-likeness (QED) is 0.827. The van der Waals surface area contributed by atoms with Crippen LogP contribution in [0.4, 0.5) is 0 Å². The highest BCUT2D eigenvalue weighted by atomic mass is 32.2. The third-order valence-corrected chi connectivity index (χ3v) is 5.76. The van der Waals surface area contributed by atoms with Crippen LogP contribution in [0.3, 0.4) is 0 Å². The Balaban J connectivity index is 1.62. The summed E-state index contributed by atoms with van der Waals surface area (Å²) in [5.74, 6) is 1.57. The first-order chi connectivity index (χ1) is 10.5. The molecule has 0 bridgehead atoms. The molecule has 1 aromatic heterocycles. The van der Waals surface area contributed by atoms with E-state index in [4.69, 9.17) is 4.74 Å². The van der Waals surface area contributed by atoms with Crippen molar-refractivity contribution in [1.29, 1.82) is 0 Å². The van der Waals surface area contributed by atoms with Crippen LogP contribution in [0.15, 0.2) is 17.5 Å². The van der Waals surface area contributed by atoms with Gasteiger partial charge in [-0.25, -0.2) is 0 Å². The van der Waals surface area contributed by atoms with Crippen molar-refractivity contribution in [3.63, 3.8) is 0 Å². The Hall–Kier alpha value is -0.560. The van der Waals surface area contributed by atoms with Gasteiger partial charge in [-0.15, -0.1) is 23.1 Å². The van der Waals surface area contributed by atoms with Crippen LogP contribution in [0.25, 0.3) is 0 Å². The van der Waals surface area contributed by atoms with Crippen LogP contribution < -0.4 is 5.32 Å². The highest BCUT2D eigenvalue weighted by Crippen LogP contribution is 2.17. The zero-order valence-corrected chi connectivity index (χ0v) is 15.2. The minimum absolute atomic E-state index is 0.128. The monoisotopic (exact) mass is 342 g/mol. The Morgan fingerprint density at radius 2 is 2.23 bits per heavy atom. The van der Waals surface area contributed by atoms with E-state index in [2.05, 4.69) is 42.4 Å². The van der Waals surface area contributed by atoms with Gasteiger partial charge in [0.05, 0.1) is 18.0 Å². The Morgan fingerprint density at radius 1 is 1.50 bits per heavy atom. The third kappa shape index (κ3) is 5.91. The molecule has 0 spiro atoms. The number of ether oxygens (including phenoxy) is 1. The predicted octanol–water partition coefficient (Wildman–Crippen LogP) is 2.60. The second-order valence-corrected chi connectivity index (χ2v) is 7.95. The van der Waals surface area contributed by atoms with E-state index in [1.54, 1.807) is 23.1 Å². The fourth-order valence-electron chi connectivity index (χ4n) is 2.66. The van der Waals surface area contributed by atoms with Crippen molar-refractivity contribution in [3.05, 3.63) is 22.4 Å². The normalized spacial score (nSPS) is 24.1. The zero-order valence-electron chi connectivity index (χ0n) is 13.6. The summed E-state index contributed by atoms with van der Waals surface area (Å²) in [6.45, 7) is 8.97. The maximum absolute atomic E-state index is 11.9. The molecule has 3 atom stereocenters. The molecule has 0 saturated carbocycles. The first-order valence-corrected chi connectivity index (χ1v) is 9.84. The summed E-state index contributed by atoms with van der Waals surface area (Å²) in [5.41, 5.74) is 0. The average Bonchev–Trinajstić information content (AvgIpc) is 2.97. The number of amides is 1. The standard InChI is InChI=1S/C16H26N2O2S2/c1-12(18-8-13(2)20-14(3)9-18)7-17-16(19)11-21-10-15-5-4-6-22-15/h4-6,12-14H,7-11H2,1-3H3,(H,17,19)/t12-,13-,14+/m0/s1. The summed E-state index contributed by atoms with van der Waals surface area (Å²) in [6.07, 6.45) is 0.534. The number of thiophene rings is 1. The van der Waals surface area contributed by atoms with Gasteiger partial charge in [-0.1, -0.05) is 6.07 Å². The van der Waals surface area contributed by atoms with Gasteiger partial charge >= 0.3 is 0 Å². The van der Waals surface area contributed by atoms with Gasteiger partial charge in [-0.2, -0.15) is 0 Å². The first-order valence-electron chi connectivity index (χ1n) is 7.81. The lowest BCUT2D eigenvalue weighted by Crippen LogP contribution is -2.52. The van der Waals surface area contributed by atoms with E-state index in [9.17, 15) is 4.79 Å². The van der Waals surface area contributed by atoms with E-state index in [0.29, 0.717) is 18.3 Å². The molecule has 4 nitrogen and oxygen atoms in total. The van der Waals surface area contributed by atoms with Crippen molar-refractivity contribution < 1.29 is 9.53 Å². The molecular weight excluding hydrogens is 316 g/mol. The highest BCUT2D eigenvalue weighted by Gasteiger charge is 2.25. The number of rotatable bonds is 7. The molecule has 124 valence electrons. The number of nitrogens with one attached hydrogen (secondary N) is 1. The fourth-order valence-corrected chi connectivity index (χ4v) is 4.36. The molecule has 1 fully saturated rings. The van der Waals surface area contributed by atoms with Gasteiger partial charge in [-0.05, 0) is 32.2 Å². The number of morpholine rings is 1. The van der Waals surface area contributed by atoms with Crippen LogP contribution in [0.5, 0.6) is 0 Å². The minimum atomic E-state index is 0.128. The highest BCUT2D eigenvalue weighted by molar-refractivity contribution is 7.99. The lowest BCUT2D eigenvalue weighted by molar-refractivity contribution is -0.119. The second kappa shape index (κ2) is 8.91. The van der Waals surface area contributed by atoms with E-state index < -0.39 is 0 Å². The topological polar surface area (TPSA) is 41.6 Å². The van der Waals surface area contributed by atoms with Crippen LogP contribution in [-0.4, -0.2) is 54.4 Å². The van der Waals surface area contributed by atoms with Gasteiger partial charge < -0.3 is 10.1 Å². The van der Waals surface area contributed by atoms with Crippen molar-refractivity contribution in [2.24, 2.45) is 0 Å². The third-order valence-electron chi connectivity index (χ3n) is 3.72. The smallest absolute Gasteiger partial charge is 0.230 e. The molecule has 22 heavy (non-hydrogen) atoms. The molecule has 1 saturated heterocycles. The van der Waals surface area contributed by atoms with E-state index >= 15 is 0 Å². The number of hydrogen-bond donors (Lipinski definition) is 1. The van der Waals surface area contributed by atoms with Gasteiger partial charge in [0.2, 0.25) is 5.91 Å². The molecule has 2 heterocycles. The summed E-state index contributed by atoms with van der Waals surface area (Å²) in [6, 6.07) is 4.51. The lowest BCUT2D eigenvalue weighted by Gasteiger charge is -2.39. The molecule has 1 aromatic rings. The number of carbonyl (C=O) groups excluding carboxylic acids is 1. The molecule has 0 aromatic carbocycles. The lowest BCUT2D eigenvalue weighted by atomic mass is 10.2. The molecule has 0 unspecified atom stereocenters.